The molecule has 4 heteroatoms. The molecule has 0 aliphatic carbocycles. The number of methoxy groups -OCH3 is 2. The van der Waals surface area contributed by atoms with Gasteiger partial charge in [-0.2, -0.15) is 0 Å². The molecule has 0 spiro atoms. The fraction of sp³-hybridized carbons (Fsp3) is 0.462. The van der Waals surface area contributed by atoms with E-state index in [2.05, 4.69) is 20.7 Å². The van der Waals surface area contributed by atoms with Gasteiger partial charge in [-0.05, 0) is 17.7 Å². The second-order valence-electron chi connectivity index (χ2n) is 2.72. The Morgan fingerprint density at radius 1 is 1.24 bits per heavy atom. The Morgan fingerprint density at radius 3 is 2.18 bits per heavy atom. The van der Waals surface area contributed by atoms with Gasteiger partial charge in [0.15, 0.2) is 0 Å². The van der Waals surface area contributed by atoms with E-state index >= 15 is 0 Å². The van der Waals surface area contributed by atoms with Crippen LogP contribution in [0.1, 0.15) is 24.2 Å². The summed E-state index contributed by atoms with van der Waals surface area (Å²) in [6.07, 6.45) is 0.842. The van der Waals surface area contributed by atoms with Gasteiger partial charge in [0.1, 0.15) is 12.0 Å². The van der Waals surface area contributed by atoms with Crippen LogP contribution in [0.5, 0.6) is 5.75 Å². The van der Waals surface area contributed by atoms with Crippen molar-refractivity contribution in [1.82, 2.24) is 0 Å². The van der Waals surface area contributed by atoms with Crippen LogP contribution in [0.4, 0.5) is 0 Å². The minimum atomic E-state index is -0.243. The lowest BCUT2D eigenvalue weighted by molar-refractivity contribution is -0.107. The Labute approximate surface area is 112 Å². The van der Waals surface area contributed by atoms with Gasteiger partial charge in [-0.3, -0.25) is 0 Å². The summed E-state index contributed by atoms with van der Waals surface area (Å²) < 4.78 is 9.26. The van der Waals surface area contributed by atoms with Crippen molar-refractivity contribution in [2.24, 2.45) is 0 Å². The van der Waals surface area contributed by atoms with Crippen LogP contribution in [0.25, 0.3) is 0 Å². The number of carbonyl (C=O) groups excluding carboxylic acids is 1. The lowest BCUT2D eigenvalue weighted by Crippen LogP contribution is -1.91. The molecule has 0 saturated carbocycles. The van der Waals surface area contributed by atoms with Crippen LogP contribution < -0.4 is 4.74 Å². The highest BCUT2D eigenvalue weighted by molar-refractivity contribution is 9.09. The van der Waals surface area contributed by atoms with E-state index in [1.165, 1.54) is 0 Å². The Hall–Kier alpha value is -0.870. The molecule has 0 aromatic heterocycles. The van der Waals surface area contributed by atoms with Crippen molar-refractivity contribution in [3.63, 3.8) is 0 Å². The predicted molar refractivity (Wildman–Crippen MR) is 75.0 cm³/mol. The Morgan fingerprint density at radius 2 is 1.76 bits per heavy atom. The maximum Gasteiger partial charge on any atom is 0.138 e. The monoisotopic (exact) mass is 304 g/mol. The molecule has 1 aromatic rings. The van der Waals surface area contributed by atoms with Crippen LogP contribution in [-0.2, 0) is 9.53 Å². The molecule has 0 saturated heterocycles. The summed E-state index contributed by atoms with van der Waals surface area (Å²) in [5.41, 5.74) is 0.907. The first-order valence-corrected chi connectivity index (χ1v) is 6.24. The third-order valence-electron chi connectivity index (χ3n) is 1.53. The molecule has 3 nitrogen and oxygen atoms in total. The molecule has 0 aliphatic rings. The molecule has 1 rings (SSSR count). The number of alkyl halides is 1. The second kappa shape index (κ2) is 13.2. The number of halogens is 1. The summed E-state index contributed by atoms with van der Waals surface area (Å²) in [6, 6.07) is 7.39. The molecule has 0 radical (unpaired) electrons. The third-order valence-corrected chi connectivity index (χ3v) is 2.28. The molecule has 98 valence electrons. The minimum Gasteiger partial charge on any atom is -0.497 e. The average molecular weight is 305 g/mol. The van der Waals surface area contributed by atoms with E-state index in [4.69, 9.17) is 4.74 Å². The molecule has 0 N–H and O–H groups in total. The van der Waals surface area contributed by atoms with Crippen molar-refractivity contribution >= 4 is 22.2 Å². The van der Waals surface area contributed by atoms with Crippen molar-refractivity contribution in [2.45, 2.75) is 18.7 Å². The number of hydrogen-bond acceptors (Lipinski definition) is 3. The van der Waals surface area contributed by atoms with Gasteiger partial charge >= 0.3 is 0 Å². The smallest absolute Gasteiger partial charge is 0.138 e. The van der Waals surface area contributed by atoms with E-state index in [1.54, 1.807) is 21.3 Å². The van der Waals surface area contributed by atoms with Gasteiger partial charge in [-0.15, -0.1) is 0 Å². The highest BCUT2D eigenvalue weighted by atomic mass is 79.9. The van der Waals surface area contributed by atoms with E-state index < -0.39 is 0 Å². The molecule has 0 heterocycles. The van der Waals surface area contributed by atoms with Crippen molar-refractivity contribution in [2.75, 3.05) is 21.3 Å². The molecule has 0 bridgehead atoms. The summed E-state index contributed by atoms with van der Waals surface area (Å²) in [5, 5.41) is 0. The maximum absolute atomic E-state index is 10.4. The predicted octanol–water partition coefficient (Wildman–Crippen LogP) is 3.62. The fourth-order valence-electron chi connectivity index (χ4n) is 0.892. The lowest BCUT2D eigenvalue weighted by Gasteiger charge is -2.04. The quantitative estimate of drug-likeness (QED) is 0.632. The molecule has 1 atom stereocenters. The number of aldehydes is 1. The van der Waals surface area contributed by atoms with Crippen molar-refractivity contribution < 1.29 is 14.3 Å². The first-order chi connectivity index (χ1) is 8.19. The molecule has 1 aromatic carbocycles. The third kappa shape index (κ3) is 8.89. The minimum absolute atomic E-state index is 0.243. The van der Waals surface area contributed by atoms with E-state index in [-0.39, 0.29) is 4.83 Å². The number of carbonyl (C=O) groups is 1. The first-order valence-electron chi connectivity index (χ1n) is 5.33. The zero-order chi connectivity index (χ0) is 13.7. The van der Waals surface area contributed by atoms with E-state index in [0.29, 0.717) is 0 Å². The summed E-state index contributed by atoms with van der Waals surface area (Å²) in [5.74, 6) is 0.763. The van der Waals surface area contributed by atoms with Crippen LogP contribution in [-0.4, -0.2) is 27.6 Å². The van der Waals surface area contributed by atoms with Gasteiger partial charge in [0.25, 0.3) is 0 Å². The number of ether oxygens (including phenoxy) is 2. The molecule has 0 amide bonds. The fourth-order valence-corrected chi connectivity index (χ4v) is 1.18. The second-order valence-corrected chi connectivity index (χ2v) is 3.71. The maximum atomic E-state index is 10.4. The van der Waals surface area contributed by atoms with Crippen molar-refractivity contribution in [3.05, 3.63) is 29.8 Å². The van der Waals surface area contributed by atoms with Crippen LogP contribution in [0, 0.1) is 0 Å². The van der Waals surface area contributed by atoms with Gasteiger partial charge < -0.3 is 14.3 Å². The van der Waals surface area contributed by atoms with Crippen LogP contribution in [0.2, 0.25) is 0 Å². The van der Waals surface area contributed by atoms with Gasteiger partial charge in [0.05, 0.1) is 11.9 Å². The largest absolute Gasteiger partial charge is 0.497 e. The summed E-state index contributed by atoms with van der Waals surface area (Å²) in [4.78, 5) is 10.2. The zero-order valence-corrected chi connectivity index (χ0v) is 12.7. The van der Waals surface area contributed by atoms with E-state index in [1.807, 2.05) is 38.1 Å². The lowest BCUT2D eigenvalue weighted by atomic mass is 10.1. The highest BCUT2D eigenvalue weighted by Crippen LogP contribution is 2.23. The standard InChI is InChI=1S/C9H9BrO2.C2H6O.C2H6/c1-12-8-4-2-3-7(5-8)9(10)6-11;1-3-2;1-2/h2-6,9H,1H3;1-2H3;1-2H3. The summed E-state index contributed by atoms with van der Waals surface area (Å²) >= 11 is 3.22. The molecule has 0 fully saturated rings. The summed E-state index contributed by atoms with van der Waals surface area (Å²) in [7, 11) is 4.85. The topological polar surface area (TPSA) is 35.5 Å². The Balaban J connectivity index is 0. The zero-order valence-electron chi connectivity index (χ0n) is 11.1. The first kappa shape index (κ1) is 18.5. The number of rotatable bonds is 3. The highest BCUT2D eigenvalue weighted by Gasteiger charge is 2.05. The molecule has 1 unspecified atom stereocenters. The van der Waals surface area contributed by atoms with Crippen LogP contribution in [0.15, 0.2) is 24.3 Å². The van der Waals surface area contributed by atoms with Crippen molar-refractivity contribution in [3.8, 4) is 5.75 Å². The molecule has 0 aliphatic heterocycles. The number of benzene rings is 1. The molecule has 17 heavy (non-hydrogen) atoms. The van der Waals surface area contributed by atoms with Crippen LogP contribution in [0.3, 0.4) is 0 Å². The van der Waals surface area contributed by atoms with Gasteiger partial charge in [0.2, 0.25) is 0 Å². The van der Waals surface area contributed by atoms with Gasteiger partial charge in [0, 0.05) is 14.2 Å². The molecular weight excluding hydrogens is 284 g/mol. The summed E-state index contributed by atoms with van der Waals surface area (Å²) in [6.45, 7) is 4.00. The normalized spacial score (nSPS) is 10.0. The average Bonchev–Trinajstić information content (AvgIpc) is 2.41. The van der Waals surface area contributed by atoms with Gasteiger partial charge in [-0.25, -0.2) is 0 Å². The number of hydrogen-bond donors (Lipinski definition) is 0. The van der Waals surface area contributed by atoms with E-state index in [9.17, 15) is 4.79 Å². The SMILES string of the molecule is CC.COC.COc1cccc(C(Br)C=O)c1. The van der Waals surface area contributed by atoms with Crippen molar-refractivity contribution in [1.29, 1.82) is 0 Å². The van der Waals surface area contributed by atoms with E-state index in [0.717, 1.165) is 17.6 Å². The molecular formula is C13H21BrO3. The Kier molecular flexibility index (Phi) is 14.4. The van der Waals surface area contributed by atoms with Gasteiger partial charge in [-0.1, -0.05) is 41.9 Å². The van der Waals surface area contributed by atoms with Crippen LogP contribution >= 0.6 is 15.9 Å². The Bertz CT molecular complexity index is 290.